The summed E-state index contributed by atoms with van der Waals surface area (Å²) in [4.78, 5) is 1.53. The number of alkyl halides is 3. The SMILES string of the molecule is Nc1nnc(-c2ccccc2O)cc1N1CCNC(C(F)(F)F)C1. The number of anilines is 2. The number of benzene rings is 1. The molecular formula is C15H16F3N5O. The molecule has 1 aromatic heterocycles. The molecule has 1 atom stereocenters. The Morgan fingerprint density at radius 1 is 1.25 bits per heavy atom. The number of nitrogens with one attached hydrogen (secondary N) is 1. The lowest BCUT2D eigenvalue weighted by Crippen LogP contribution is -2.57. The van der Waals surface area contributed by atoms with Crippen molar-refractivity contribution < 1.29 is 18.3 Å². The Morgan fingerprint density at radius 2 is 2.00 bits per heavy atom. The fourth-order valence-electron chi connectivity index (χ4n) is 2.65. The van der Waals surface area contributed by atoms with Gasteiger partial charge in [0.05, 0.1) is 11.4 Å². The van der Waals surface area contributed by atoms with Crippen molar-refractivity contribution in [3.05, 3.63) is 30.3 Å². The summed E-state index contributed by atoms with van der Waals surface area (Å²) in [5.74, 6) is 0.0630. The molecule has 0 radical (unpaired) electrons. The number of piperazine rings is 1. The molecule has 9 heteroatoms. The van der Waals surface area contributed by atoms with Crippen molar-refractivity contribution >= 4 is 11.5 Å². The Kier molecular flexibility index (Phi) is 4.18. The van der Waals surface area contributed by atoms with Gasteiger partial charge in [0.25, 0.3) is 0 Å². The maximum absolute atomic E-state index is 12.9. The summed E-state index contributed by atoms with van der Waals surface area (Å²) in [7, 11) is 0. The molecule has 0 bridgehead atoms. The van der Waals surface area contributed by atoms with Crippen LogP contribution < -0.4 is 16.0 Å². The number of aromatic hydroxyl groups is 1. The zero-order valence-corrected chi connectivity index (χ0v) is 12.6. The van der Waals surface area contributed by atoms with Gasteiger partial charge in [-0.1, -0.05) is 12.1 Å². The van der Waals surface area contributed by atoms with Gasteiger partial charge in [-0.2, -0.15) is 13.2 Å². The number of halogens is 3. The molecule has 4 N–H and O–H groups in total. The zero-order chi connectivity index (χ0) is 17.3. The Morgan fingerprint density at radius 3 is 2.71 bits per heavy atom. The molecule has 2 aromatic rings. The summed E-state index contributed by atoms with van der Waals surface area (Å²) in [5.41, 5.74) is 6.97. The van der Waals surface area contributed by atoms with Crippen molar-refractivity contribution in [1.82, 2.24) is 15.5 Å². The van der Waals surface area contributed by atoms with E-state index in [9.17, 15) is 18.3 Å². The molecule has 1 unspecified atom stereocenters. The van der Waals surface area contributed by atoms with Crippen LogP contribution in [0.3, 0.4) is 0 Å². The standard InChI is InChI=1S/C15H16F3N5O/c16-15(17,18)13-8-23(6-5-20-13)11-7-10(21-22-14(11)19)9-3-1-2-4-12(9)24/h1-4,7,13,20,24H,5-6,8H2,(H2,19,22). The number of para-hydroxylation sites is 1. The summed E-state index contributed by atoms with van der Waals surface area (Å²) in [5, 5.41) is 20.1. The van der Waals surface area contributed by atoms with Gasteiger partial charge in [0.15, 0.2) is 5.82 Å². The van der Waals surface area contributed by atoms with Crippen LogP contribution in [0.2, 0.25) is 0 Å². The van der Waals surface area contributed by atoms with Crippen LogP contribution in [0.1, 0.15) is 0 Å². The fraction of sp³-hybridized carbons (Fsp3) is 0.333. The largest absolute Gasteiger partial charge is 0.507 e. The van der Waals surface area contributed by atoms with Crippen LogP contribution in [-0.4, -0.2) is 47.2 Å². The van der Waals surface area contributed by atoms with E-state index < -0.39 is 12.2 Å². The number of rotatable bonds is 2. The maximum Gasteiger partial charge on any atom is 0.405 e. The minimum absolute atomic E-state index is 0.0102. The molecule has 1 saturated heterocycles. The smallest absolute Gasteiger partial charge is 0.405 e. The van der Waals surface area contributed by atoms with E-state index in [4.69, 9.17) is 5.73 Å². The highest BCUT2D eigenvalue weighted by atomic mass is 19.4. The van der Waals surface area contributed by atoms with Gasteiger partial charge < -0.3 is 21.1 Å². The molecule has 0 aliphatic carbocycles. The molecule has 1 aliphatic heterocycles. The summed E-state index contributed by atoms with van der Waals surface area (Å²) in [6.07, 6.45) is -4.34. The first kappa shape index (κ1) is 16.3. The van der Waals surface area contributed by atoms with Crippen LogP contribution in [0.25, 0.3) is 11.3 Å². The van der Waals surface area contributed by atoms with Crippen LogP contribution in [0.15, 0.2) is 30.3 Å². The van der Waals surface area contributed by atoms with Crippen LogP contribution in [0.4, 0.5) is 24.7 Å². The second-order valence-corrected chi connectivity index (χ2v) is 5.51. The number of hydrogen-bond donors (Lipinski definition) is 3. The number of aromatic nitrogens is 2. The van der Waals surface area contributed by atoms with Crippen LogP contribution >= 0.6 is 0 Å². The number of phenolic OH excluding ortho intramolecular Hbond substituents is 1. The van der Waals surface area contributed by atoms with Crippen molar-refractivity contribution in [3.63, 3.8) is 0 Å². The Bertz CT molecular complexity index is 737. The number of hydrogen-bond acceptors (Lipinski definition) is 6. The van der Waals surface area contributed by atoms with Crippen LogP contribution in [0.5, 0.6) is 5.75 Å². The molecule has 128 valence electrons. The predicted molar refractivity (Wildman–Crippen MR) is 83.6 cm³/mol. The first-order valence-corrected chi connectivity index (χ1v) is 7.33. The van der Waals surface area contributed by atoms with Gasteiger partial charge in [-0.05, 0) is 18.2 Å². The molecule has 1 fully saturated rings. The van der Waals surface area contributed by atoms with E-state index in [-0.39, 0.29) is 24.7 Å². The third-order valence-corrected chi connectivity index (χ3v) is 3.89. The first-order chi connectivity index (χ1) is 11.4. The third kappa shape index (κ3) is 3.21. The van der Waals surface area contributed by atoms with Gasteiger partial charge in [-0.25, -0.2) is 0 Å². The third-order valence-electron chi connectivity index (χ3n) is 3.89. The van der Waals surface area contributed by atoms with E-state index in [2.05, 4.69) is 15.5 Å². The van der Waals surface area contributed by atoms with Crippen LogP contribution in [-0.2, 0) is 0 Å². The molecule has 1 aliphatic rings. The average molecular weight is 339 g/mol. The van der Waals surface area contributed by atoms with Gasteiger partial charge in [0.1, 0.15) is 11.8 Å². The highest BCUT2D eigenvalue weighted by molar-refractivity contribution is 5.74. The monoisotopic (exact) mass is 339 g/mol. The van der Waals surface area contributed by atoms with Crippen molar-refractivity contribution in [2.24, 2.45) is 0 Å². The van der Waals surface area contributed by atoms with Crippen molar-refractivity contribution in [2.45, 2.75) is 12.2 Å². The molecule has 2 heterocycles. The lowest BCUT2D eigenvalue weighted by atomic mass is 10.1. The Labute approximate surface area is 136 Å². The van der Waals surface area contributed by atoms with Gasteiger partial charge in [-0.3, -0.25) is 0 Å². The second-order valence-electron chi connectivity index (χ2n) is 5.51. The topological polar surface area (TPSA) is 87.3 Å². The summed E-state index contributed by atoms with van der Waals surface area (Å²) >= 11 is 0. The minimum Gasteiger partial charge on any atom is -0.507 e. The van der Waals surface area contributed by atoms with Gasteiger partial charge in [0, 0.05) is 25.2 Å². The predicted octanol–water partition coefficient (Wildman–Crippen LogP) is 1.77. The Hall–Kier alpha value is -2.55. The molecule has 0 amide bonds. The summed E-state index contributed by atoms with van der Waals surface area (Å²) < 4.78 is 38.8. The molecule has 6 nitrogen and oxygen atoms in total. The second kappa shape index (κ2) is 6.16. The average Bonchev–Trinajstić information content (AvgIpc) is 2.55. The highest BCUT2D eigenvalue weighted by Gasteiger charge is 2.42. The van der Waals surface area contributed by atoms with Crippen molar-refractivity contribution in [1.29, 1.82) is 0 Å². The van der Waals surface area contributed by atoms with Crippen molar-refractivity contribution in [2.75, 3.05) is 30.3 Å². The van der Waals surface area contributed by atoms with E-state index in [1.54, 1.807) is 24.3 Å². The van der Waals surface area contributed by atoms with Gasteiger partial charge in [0.2, 0.25) is 0 Å². The molecular weight excluding hydrogens is 323 g/mol. The first-order valence-electron chi connectivity index (χ1n) is 7.33. The fourth-order valence-corrected chi connectivity index (χ4v) is 2.65. The number of phenols is 1. The summed E-state index contributed by atoms with van der Waals surface area (Å²) in [6.45, 7) is 0.278. The molecule has 0 spiro atoms. The van der Waals surface area contributed by atoms with E-state index in [1.807, 2.05) is 0 Å². The van der Waals surface area contributed by atoms with Crippen molar-refractivity contribution in [3.8, 4) is 17.0 Å². The molecule has 1 aromatic carbocycles. The molecule has 24 heavy (non-hydrogen) atoms. The quantitative estimate of drug-likeness (QED) is 0.773. The number of nitrogen functional groups attached to an aromatic ring is 1. The zero-order valence-electron chi connectivity index (χ0n) is 12.6. The van der Waals surface area contributed by atoms with E-state index in [1.165, 1.54) is 11.0 Å². The van der Waals surface area contributed by atoms with E-state index in [0.29, 0.717) is 23.5 Å². The maximum atomic E-state index is 12.9. The normalized spacial score (nSPS) is 18.6. The van der Waals surface area contributed by atoms with Gasteiger partial charge in [-0.15, -0.1) is 10.2 Å². The highest BCUT2D eigenvalue weighted by Crippen LogP contribution is 2.32. The Balaban J connectivity index is 1.94. The van der Waals surface area contributed by atoms with Gasteiger partial charge >= 0.3 is 6.18 Å². The van der Waals surface area contributed by atoms with E-state index >= 15 is 0 Å². The van der Waals surface area contributed by atoms with E-state index in [0.717, 1.165) is 0 Å². The molecule has 0 saturated carbocycles. The molecule has 3 rings (SSSR count). The number of nitrogens with two attached hydrogens (primary N) is 1. The lowest BCUT2D eigenvalue weighted by Gasteiger charge is -2.36. The minimum atomic E-state index is -4.34. The number of nitrogens with zero attached hydrogens (tertiary/aromatic N) is 3. The summed E-state index contributed by atoms with van der Waals surface area (Å²) in [6, 6.07) is 6.45. The lowest BCUT2D eigenvalue weighted by molar-refractivity contribution is -0.155. The van der Waals surface area contributed by atoms with Crippen LogP contribution in [0, 0.1) is 0 Å².